The zero-order valence-electron chi connectivity index (χ0n) is 39.9. The first kappa shape index (κ1) is 54.1. The minimum atomic E-state index is -0.692. The Hall–Kier alpha value is -6.88. The Bertz CT molecular complexity index is 2390. The summed E-state index contributed by atoms with van der Waals surface area (Å²) < 4.78 is 23.0. The molecule has 10 heteroatoms. The molecular weight excluding hydrogens is 877 g/mol. The van der Waals surface area contributed by atoms with Gasteiger partial charge >= 0.3 is 12.2 Å². The SMILES string of the molecule is C.C.CC(C)(C)OC(=O)N1C(=O)[C@@H](OCc2ccccc2)C[C@H]1Cc1ccc(-c2ccccc2)cc1.CC(C)(C)OC(=O)N1C(=O)[C@H](OCc2ccccc2)C[C@H]1Cc1ccc(-c2ccccc2)cc1. The molecule has 0 saturated carbocycles. The van der Waals surface area contributed by atoms with Gasteiger partial charge in [0.05, 0.1) is 25.3 Å². The maximum absolute atomic E-state index is 13.2. The maximum atomic E-state index is 13.2. The normalized spacial score (nSPS) is 17.7. The molecular formula is C60H70N2O8. The molecule has 2 aliphatic rings. The number of ether oxygens (including phenoxy) is 4. The number of rotatable bonds is 12. The van der Waals surface area contributed by atoms with E-state index in [1.165, 1.54) is 9.80 Å². The van der Waals surface area contributed by atoms with Crippen LogP contribution in [0.3, 0.4) is 0 Å². The summed E-state index contributed by atoms with van der Waals surface area (Å²) in [5, 5.41) is 0. The molecule has 0 aromatic heterocycles. The topological polar surface area (TPSA) is 112 Å². The van der Waals surface area contributed by atoms with Crippen molar-refractivity contribution in [2.45, 2.75) is 131 Å². The number of likely N-dealkylation sites (tertiary alicyclic amines) is 2. The zero-order valence-corrected chi connectivity index (χ0v) is 39.9. The molecule has 0 bridgehead atoms. The molecule has 4 atom stereocenters. The van der Waals surface area contributed by atoms with E-state index in [1.807, 2.05) is 97.1 Å². The molecule has 368 valence electrons. The minimum absolute atomic E-state index is 0. The number of carbonyl (C=O) groups excluding carboxylic acids is 4. The van der Waals surface area contributed by atoms with Crippen LogP contribution in [0, 0.1) is 0 Å². The van der Waals surface area contributed by atoms with Crippen LogP contribution in [0.1, 0.15) is 91.5 Å². The zero-order chi connectivity index (χ0) is 48.3. The Morgan fingerprint density at radius 3 is 1.01 bits per heavy atom. The summed E-state index contributed by atoms with van der Waals surface area (Å²) in [6, 6.07) is 55.6. The molecule has 0 N–H and O–H groups in total. The van der Waals surface area contributed by atoms with Gasteiger partial charge in [0, 0.05) is 12.8 Å². The summed E-state index contributed by atoms with van der Waals surface area (Å²) in [7, 11) is 0. The van der Waals surface area contributed by atoms with Crippen LogP contribution in [0.5, 0.6) is 0 Å². The van der Waals surface area contributed by atoms with Crippen molar-refractivity contribution in [1.29, 1.82) is 0 Å². The first-order chi connectivity index (χ1) is 32.6. The van der Waals surface area contributed by atoms with Crippen LogP contribution in [-0.4, -0.2) is 69.3 Å². The number of carbonyl (C=O) groups is 4. The predicted octanol–water partition coefficient (Wildman–Crippen LogP) is 13.3. The largest absolute Gasteiger partial charge is 0.443 e. The van der Waals surface area contributed by atoms with Crippen LogP contribution >= 0.6 is 0 Å². The van der Waals surface area contributed by atoms with Crippen molar-refractivity contribution < 1.29 is 38.1 Å². The molecule has 0 radical (unpaired) electrons. The third-order valence-corrected chi connectivity index (χ3v) is 11.6. The van der Waals surface area contributed by atoms with E-state index in [9.17, 15) is 19.2 Å². The number of hydrogen-bond acceptors (Lipinski definition) is 8. The lowest BCUT2D eigenvalue weighted by atomic mass is 9.99. The van der Waals surface area contributed by atoms with Gasteiger partial charge in [-0.05, 0) is 98.9 Å². The highest BCUT2D eigenvalue weighted by Gasteiger charge is 2.47. The number of nitrogens with zero attached hydrogens (tertiary/aromatic N) is 2. The van der Waals surface area contributed by atoms with Gasteiger partial charge in [-0.3, -0.25) is 9.59 Å². The molecule has 70 heavy (non-hydrogen) atoms. The van der Waals surface area contributed by atoms with Crippen molar-refractivity contribution in [3.8, 4) is 22.3 Å². The van der Waals surface area contributed by atoms with Crippen molar-refractivity contribution >= 4 is 24.0 Å². The first-order valence-corrected chi connectivity index (χ1v) is 23.3. The van der Waals surface area contributed by atoms with Crippen molar-refractivity contribution in [1.82, 2.24) is 9.80 Å². The quantitative estimate of drug-likeness (QED) is 0.119. The minimum Gasteiger partial charge on any atom is -0.443 e. The Morgan fingerprint density at radius 1 is 0.429 bits per heavy atom. The van der Waals surface area contributed by atoms with E-state index in [0.29, 0.717) is 38.9 Å². The Balaban J connectivity index is 0.000000254. The summed E-state index contributed by atoms with van der Waals surface area (Å²) in [5.74, 6) is -0.674. The summed E-state index contributed by atoms with van der Waals surface area (Å²) >= 11 is 0. The molecule has 2 fully saturated rings. The highest BCUT2D eigenvalue weighted by molar-refractivity contribution is 5.97. The van der Waals surface area contributed by atoms with Gasteiger partial charge in [-0.1, -0.05) is 185 Å². The van der Waals surface area contributed by atoms with Crippen LogP contribution in [0.15, 0.2) is 170 Å². The lowest BCUT2D eigenvalue weighted by molar-refractivity contribution is -0.138. The van der Waals surface area contributed by atoms with Crippen LogP contribution in [0.2, 0.25) is 0 Å². The van der Waals surface area contributed by atoms with Gasteiger partial charge < -0.3 is 18.9 Å². The smallest absolute Gasteiger partial charge is 0.417 e. The van der Waals surface area contributed by atoms with Gasteiger partial charge in [0.1, 0.15) is 23.4 Å². The average molecular weight is 947 g/mol. The molecule has 0 unspecified atom stereocenters. The molecule has 8 rings (SSSR count). The van der Waals surface area contributed by atoms with Crippen LogP contribution in [0.25, 0.3) is 22.3 Å². The highest BCUT2D eigenvalue weighted by atomic mass is 16.6. The van der Waals surface area contributed by atoms with E-state index in [2.05, 4.69) is 72.8 Å². The highest BCUT2D eigenvalue weighted by Crippen LogP contribution is 2.31. The fourth-order valence-corrected chi connectivity index (χ4v) is 8.32. The van der Waals surface area contributed by atoms with Crippen molar-refractivity contribution in [3.63, 3.8) is 0 Å². The van der Waals surface area contributed by atoms with Gasteiger partial charge in [0.15, 0.2) is 0 Å². The van der Waals surface area contributed by atoms with Gasteiger partial charge in [-0.25, -0.2) is 19.4 Å². The van der Waals surface area contributed by atoms with Crippen molar-refractivity contribution in [2.75, 3.05) is 0 Å². The van der Waals surface area contributed by atoms with E-state index in [4.69, 9.17) is 18.9 Å². The maximum Gasteiger partial charge on any atom is 0.417 e. The number of hydrogen-bond donors (Lipinski definition) is 0. The van der Waals surface area contributed by atoms with E-state index in [1.54, 1.807) is 41.5 Å². The molecule has 4 amide bonds. The van der Waals surface area contributed by atoms with E-state index >= 15 is 0 Å². The van der Waals surface area contributed by atoms with Crippen LogP contribution < -0.4 is 0 Å². The Kier molecular flexibility index (Phi) is 19.0. The van der Waals surface area contributed by atoms with E-state index in [0.717, 1.165) is 44.5 Å². The Labute approximate surface area is 415 Å². The van der Waals surface area contributed by atoms with Gasteiger partial charge in [-0.2, -0.15) is 0 Å². The predicted molar refractivity (Wildman–Crippen MR) is 278 cm³/mol. The van der Waals surface area contributed by atoms with Crippen molar-refractivity contribution in [2.24, 2.45) is 0 Å². The third-order valence-electron chi connectivity index (χ3n) is 11.6. The number of imide groups is 2. The van der Waals surface area contributed by atoms with Crippen molar-refractivity contribution in [3.05, 3.63) is 192 Å². The van der Waals surface area contributed by atoms with Crippen LogP contribution in [0.4, 0.5) is 9.59 Å². The lowest BCUT2D eigenvalue weighted by Crippen LogP contribution is -2.44. The molecule has 2 saturated heterocycles. The van der Waals surface area contributed by atoms with E-state index in [-0.39, 0.29) is 38.8 Å². The molecule has 6 aromatic rings. The second kappa shape index (κ2) is 24.6. The summed E-state index contributed by atoms with van der Waals surface area (Å²) in [5.41, 5.74) is 7.23. The third kappa shape index (κ3) is 15.1. The summed E-state index contributed by atoms with van der Waals surface area (Å²) in [6.45, 7) is 11.4. The second-order valence-electron chi connectivity index (χ2n) is 19.3. The number of amides is 4. The molecule has 2 heterocycles. The monoisotopic (exact) mass is 947 g/mol. The lowest BCUT2D eigenvalue weighted by Gasteiger charge is -2.27. The molecule has 0 aliphatic carbocycles. The average Bonchev–Trinajstić information content (AvgIpc) is 3.81. The standard InChI is InChI=1S/2C29H31NO4.2CH4/c2*1-29(2,3)34-28(32)30-25(19-26(27(30)31)33-20-22-10-6-4-7-11-22)18-21-14-16-24(17-15-21)23-12-8-5-9-13-23;;/h2*4-17,25-26H,18-20H2,1-3H3;2*1H4/t25-,26+;25-,26-;;/m11../s1. The molecule has 0 spiro atoms. The van der Waals surface area contributed by atoms with Gasteiger partial charge in [0.25, 0.3) is 11.8 Å². The molecule has 10 nitrogen and oxygen atoms in total. The van der Waals surface area contributed by atoms with Gasteiger partial charge in [0.2, 0.25) is 0 Å². The first-order valence-electron chi connectivity index (χ1n) is 23.3. The Morgan fingerprint density at radius 2 is 0.714 bits per heavy atom. The summed E-state index contributed by atoms with van der Waals surface area (Å²) in [4.78, 5) is 54.8. The van der Waals surface area contributed by atoms with E-state index < -0.39 is 35.6 Å². The fraction of sp³-hybridized carbons (Fsp3) is 0.333. The summed E-state index contributed by atoms with van der Waals surface area (Å²) in [6.07, 6.45) is -0.626. The van der Waals surface area contributed by atoms with Crippen LogP contribution in [-0.2, 0) is 54.6 Å². The van der Waals surface area contributed by atoms with Gasteiger partial charge in [-0.15, -0.1) is 0 Å². The fourth-order valence-electron chi connectivity index (χ4n) is 8.32. The molecule has 6 aromatic carbocycles. The second-order valence-corrected chi connectivity index (χ2v) is 19.3. The number of benzene rings is 6. The molecule has 2 aliphatic heterocycles.